The zero-order valence-electron chi connectivity index (χ0n) is 17.7. The number of amides is 2. The monoisotopic (exact) mass is 450 g/mol. The van der Waals surface area contributed by atoms with Gasteiger partial charge in [-0.25, -0.2) is 13.6 Å². The molecular weight excluding hydrogens is 426 g/mol. The van der Waals surface area contributed by atoms with E-state index in [2.05, 4.69) is 5.32 Å². The quantitative estimate of drug-likeness (QED) is 0.626. The van der Waals surface area contributed by atoms with Crippen molar-refractivity contribution in [3.05, 3.63) is 58.6 Å². The second-order valence-electron chi connectivity index (χ2n) is 8.64. The standard InChI is InChI=1S/C23H25ClF2N2O3/c1-23(2,3)31-22(30)27-17-7-8-18(24)20(12-17)28-13-14(4-9-21(28)29)10-15-5-6-16(25)11-19(15)26/h5-8,11-12,14H,4,9-10,13H2,1-3H3,(H,27,30). The van der Waals surface area contributed by atoms with Crippen molar-refractivity contribution in [2.45, 2.75) is 45.6 Å². The summed E-state index contributed by atoms with van der Waals surface area (Å²) >= 11 is 6.35. The van der Waals surface area contributed by atoms with E-state index in [9.17, 15) is 18.4 Å². The molecule has 0 bridgehead atoms. The molecule has 1 aliphatic heterocycles. The van der Waals surface area contributed by atoms with Gasteiger partial charge in [-0.15, -0.1) is 0 Å². The number of carbonyl (C=O) groups is 2. The van der Waals surface area contributed by atoms with Crippen LogP contribution in [0.3, 0.4) is 0 Å². The van der Waals surface area contributed by atoms with Crippen molar-refractivity contribution in [3.63, 3.8) is 0 Å². The minimum atomic E-state index is -0.648. The third-order valence-corrected chi connectivity index (χ3v) is 5.23. The summed E-state index contributed by atoms with van der Waals surface area (Å²) < 4.78 is 32.5. The van der Waals surface area contributed by atoms with Gasteiger partial charge in [-0.2, -0.15) is 0 Å². The zero-order chi connectivity index (χ0) is 22.8. The Morgan fingerprint density at radius 2 is 1.97 bits per heavy atom. The maximum Gasteiger partial charge on any atom is 0.412 e. The summed E-state index contributed by atoms with van der Waals surface area (Å²) in [4.78, 5) is 26.2. The Kier molecular flexibility index (Phi) is 6.84. The van der Waals surface area contributed by atoms with Crippen LogP contribution in [0, 0.1) is 17.6 Å². The van der Waals surface area contributed by atoms with Crippen molar-refractivity contribution in [3.8, 4) is 0 Å². The van der Waals surface area contributed by atoms with Crippen LogP contribution in [0.2, 0.25) is 5.02 Å². The predicted molar refractivity (Wildman–Crippen MR) is 116 cm³/mol. The van der Waals surface area contributed by atoms with E-state index in [0.717, 1.165) is 6.07 Å². The van der Waals surface area contributed by atoms with Gasteiger partial charge < -0.3 is 9.64 Å². The van der Waals surface area contributed by atoms with Crippen LogP contribution in [-0.2, 0) is 16.0 Å². The van der Waals surface area contributed by atoms with Gasteiger partial charge in [-0.1, -0.05) is 17.7 Å². The Labute approximate surface area is 185 Å². The van der Waals surface area contributed by atoms with E-state index in [1.807, 2.05) is 0 Å². The fraction of sp³-hybridized carbons (Fsp3) is 0.391. The molecule has 0 radical (unpaired) electrons. The van der Waals surface area contributed by atoms with Crippen molar-refractivity contribution < 1.29 is 23.1 Å². The Morgan fingerprint density at radius 1 is 1.23 bits per heavy atom. The molecule has 1 saturated heterocycles. The number of benzene rings is 2. The van der Waals surface area contributed by atoms with E-state index in [1.54, 1.807) is 43.9 Å². The zero-order valence-corrected chi connectivity index (χ0v) is 18.4. The first-order valence-corrected chi connectivity index (χ1v) is 10.4. The van der Waals surface area contributed by atoms with Crippen molar-refractivity contribution in [2.75, 3.05) is 16.8 Å². The molecule has 1 heterocycles. The molecular formula is C23H25ClF2N2O3. The molecule has 2 amide bonds. The van der Waals surface area contributed by atoms with Crippen molar-refractivity contribution in [2.24, 2.45) is 5.92 Å². The average Bonchev–Trinajstić information content (AvgIpc) is 2.65. The van der Waals surface area contributed by atoms with E-state index in [1.165, 1.54) is 12.1 Å². The van der Waals surface area contributed by atoms with Gasteiger partial charge in [0.15, 0.2) is 0 Å². The number of carbonyl (C=O) groups excluding carboxylic acids is 2. The molecule has 1 atom stereocenters. The number of ether oxygens (including phenoxy) is 1. The molecule has 2 aromatic rings. The molecule has 1 fully saturated rings. The highest BCUT2D eigenvalue weighted by Crippen LogP contribution is 2.34. The fourth-order valence-electron chi connectivity index (χ4n) is 3.53. The third-order valence-electron chi connectivity index (χ3n) is 4.91. The van der Waals surface area contributed by atoms with Crippen LogP contribution in [0.1, 0.15) is 39.2 Å². The van der Waals surface area contributed by atoms with Crippen LogP contribution < -0.4 is 10.2 Å². The van der Waals surface area contributed by atoms with Crippen molar-refractivity contribution in [1.29, 1.82) is 0 Å². The largest absolute Gasteiger partial charge is 0.444 e. The molecule has 31 heavy (non-hydrogen) atoms. The SMILES string of the molecule is CC(C)(C)OC(=O)Nc1ccc(Cl)c(N2CC(Cc3ccc(F)cc3F)CCC2=O)c1. The molecule has 0 aromatic heterocycles. The van der Waals surface area contributed by atoms with Crippen LogP contribution in [-0.4, -0.2) is 24.1 Å². The minimum Gasteiger partial charge on any atom is -0.444 e. The van der Waals surface area contributed by atoms with Crippen LogP contribution in [0.5, 0.6) is 0 Å². The number of anilines is 2. The van der Waals surface area contributed by atoms with Gasteiger partial charge in [0.2, 0.25) is 5.91 Å². The molecule has 0 aliphatic carbocycles. The fourth-order valence-corrected chi connectivity index (χ4v) is 3.75. The van der Waals surface area contributed by atoms with E-state index in [-0.39, 0.29) is 18.2 Å². The van der Waals surface area contributed by atoms with Crippen molar-refractivity contribution in [1.82, 2.24) is 0 Å². The van der Waals surface area contributed by atoms with Gasteiger partial charge in [-0.3, -0.25) is 10.1 Å². The van der Waals surface area contributed by atoms with Gasteiger partial charge >= 0.3 is 6.09 Å². The number of nitrogens with one attached hydrogen (secondary N) is 1. The Balaban J connectivity index is 1.76. The molecule has 166 valence electrons. The molecule has 1 aliphatic rings. The molecule has 8 heteroatoms. The van der Waals surface area contributed by atoms with E-state index in [0.29, 0.717) is 41.3 Å². The van der Waals surface area contributed by atoms with Gasteiger partial charge in [0.25, 0.3) is 0 Å². The van der Waals surface area contributed by atoms with Gasteiger partial charge in [0.1, 0.15) is 17.2 Å². The molecule has 0 spiro atoms. The minimum absolute atomic E-state index is 0.0174. The third kappa shape index (κ3) is 6.17. The number of piperidine rings is 1. The summed E-state index contributed by atoms with van der Waals surface area (Å²) in [5.74, 6) is -1.34. The lowest BCUT2D eigenvalue weighted by Crippen LogP contribution is -2.41. The van der Waals surface area contributed by atoms with Gasteiger partial charge in [0.05, 0.1) is 10.7 Å². The summed E-state index contributed by atoms with van der Waals surface area (Å²) in [5.41, 5.74) is 0.662. The summed E-state index contributed by atoms with van der Waals surface area (Å²) in [5, 5.41) is 3.00. The molecule has 2 aromatic carbocycles. The predicted octanol–water partition coefficient (Wildman–Crippen LogP) is 5.95. The summed E-state index contributed by atoms with van der Waals surface area (Å²) in [6, 6.07) is 8.36. The highest BCUT2D eigenvalue weighted by Gasteiger charge is 2.29. The number of rotatable bonds is 4. The highest BCUT2D eigenvalue weighted by atomic mass is 35.5. The number of nitrogens with zero attached hydrogens (tertiary/aromatic N) is 1. The number of halogens is 3. The molecule has 1 N–H and O–H groups in total. The number of hydrogen-bond donors (Lipinski definition) is 1. The molecule has 1 unspecified atom stereocenters. The van der Waals surface area contributed by atoms with Gasteiger partial charge in [-0.05, 0) is 69.4 Å². The lowest BCUT2D eigenvalue weighted by molar-refractivity contribution is -0.120. The first kappa shape index (κ1) is 23.0. The lowest BCUT2D eigenvalue weighted by Gasteiger charge is -2.33. The second kappa shape index (κ2) is 9.22. The van der Waals surface area contributed by atoms with Crippen molar-refractivity contribution >= 4 is 35.0 Å². The maximum atomic E-state index is 14.1. The summed E-state index contributed by atoms with van der Waals surface area (Å²) in [6.45, 7) is 5.62. The Bertz CT molecular complexity index is 991. The molecule has 0 saturated carbocycles. The summed E-state index contributed by atoms with van der Waals surface area (Å²) in [7, 11) is 0. The lowest BCUT2D eigenvalue weighted by atomic mass is 9.90. The normalized spacial score (nSPS) is 16.9. The first-order chi connectivity index (χ1) is 14.5. The van der Waals surface area contributed by atoms with E-state index >= 15 is 0 Å². The maximum absolute atomic E-state index is 14.1. The number of hydrogen-bond acceptors (Lipinski definition) is 3. The van der Waals surface area contributed by atoms with Crippen LogP contribution in [0.25, 0.3) is 0 Å². The topological polar surface area (TPSA) is 58.6 Å². The average molecular weight is 451 g/mol. The smallest absolute Gasteiger partial charge is 0.412 e. The Hall–Kier alpha value is -2.67. The summed E-state index contributed by atoms with van der Waals surface area (Å²) in [6.07, 6.45) is 0.645. The van der Waals surface area contributed by atoms with E-state index in [4.69, 9.17) is 16.3 Å². The van der Waals surface area contributed by atoms with Crippen LogP contribution in [0.4, 0.5) is 25.0 Å². The highest BCUT2D eigenvalue weighted by molar-refractivity contribution is 6.34. The molecule has 3 rings (SSSR count). The first-order valence-electron chi connectivity index (χ1n) is 10.1. The van der Waals surface area contributed by atoms with E-state index < -0.39 is 23.3 Å². The second-order valence-corrected chi connectivity index (χ2v) is 9.05. The molecule has 5 nitrogen and oxygen atoms in total. The van der Waals surface area contributed by atoms with Gasteiger partial charge in [0, 0.05) is 24.7 Å². The van der Waals surface area contributed by atoms with Crippen LogP contribution >= 0.6 is 11.6 Å². The Morgan fingerprint density at radius 3 is 2.65 bits per heavy atom. The van der Waals surface area contributed by atoms with Crippen LogP contribution in [0.15, 0.2) is 36.4 Å².